The van der Waals surface area contributed by atoms with Gasteiger partial charge in [0.15, 0.2) is 5.60 Å². The number of carbonyl (C=O) groups excluding carboxylic acids is 2. The molecular formula is C15H20ClNO4. The number of fused-ring (bicyclic) bond motifs is 1. The summed E-state index contributed by atoms with van der Waals surface area (Å²) < 4.78 is 5.34. The molecule has 0 bridgehead atoms. The minimum Gasteiger partial charge on any atom is -0.453 e. The highest BCUT2D eigenvalue weighted by Crippen LogP contribution is 2.53. The first-order chi connectivity index (χ1) is 9.97. The molecule has 5 atom stereocenters. The fraction of sp³-hybridized carbons (Fsp3) is 0.733. The van der Waals surface area contributed by atoms with Gasteiger partial charge in [0.25, 0.3) is 0 Å². The predicted octanol–water partition coefficient (Wildman–Crippen LogP) is 1.13. The fourth-order valence-corrected chi connectivity index (χ4v) is 4.21. The van der Waals surface area contributed by atoms with Gasteiger partial charge in [0.05, 0.1) is 12.0 Å². The zero-order valence-electron chi connectivity index (χ0n) is 12.0. The van der Waals surface area contributed by atoms with E-state index in [9.17, 15) is 14.7 Å². The maximum absolute atomic E-state index is 12.2. The number of alkyl halides is 1. The van der Waals surface area contributed by atoms with Gasteiger partial charge < -0.3 is 15.2 Å². The maximum atomic E-state index is 12.2. The molecule has 2 unspecified atom stereocenters. The highest BCUT2D eigenvalue weighted by Gasteiger charge is 2.79. The Balaban J connectivity index is 1.94. The Morgan fingerprint density at radius 2 is 2.33 bits per heavy atom. The van der Waals surface area contributed by atoms with Crippen LogP contribution >= 0.6 is 11.6 Å². The molecule has 1 amide bonds. The number of halogens is 1. The number of hydrogen-bond acceptors (Lipinski definition) is 4. The van der Waals surface area contributed by atoms with Crippen molar-refractivity contribution in [2.24, 2.45) is 11.8 Å². The highest BCUT2D eigenvalue weighted by molar-refractivity contribution is 6.18. The van der Waals surface area contributed by atoms with Crippen LogP contribution in [0.3, 0.4) is 0 Å². The van der Waals surface area contributed by atoms with Crippen molar-refractivity contribution < 1.29 is 19.4 Å². The smallest absolute Gasteiger partial charge is 0.339 e. The fourth-order valence-electron chi connectivity index (χ4n) is 3.99. The summed E-state index contributed by atoms with van der Waals surface area (Å²) in [5.41, 5.74) is -2.34. The molecule has 5 nitrogen and oxygen atoms in total. The summed E-state index contributed by atoms with van der Waals surface area (Å²) in [6, 6.07) is 0. The molecule has 116 valence electrons. The zero-order valence-corrected chi connectivity index (χ0v) is 12.7. The van der Waals surface area contributed by atoms with Crippen LogP contribution in [0.4, 0.5) is 0 Å². The molecular weight excluding hydrogens is 294 g/mol. The van der Waals surface area contributed by atoms with Crippen LogP contribution in [0.25, 0.3) is 0 Å². The molecule has 0 radical (unpaired) electrons. The van der Waals surface area contributed by atoms with Gasteiger partial charge in [-0.25, -0.2) is 4.79 Å². The van der Waals surface area contributed by atoms with Crippen molar-refractivity contribution >= 4 is 23.5 Å². The van der Waals surface area contributed by atoms with Gasteiger partial charge in [0, 0.05) is 11.8 Å². The van der Waals surface area contributed by atoms with Crippen molar-refractivity contribution in [2.75, 3.05) is 5.88 Å². The Labute approximate surface area is 128 Å². The number of rotatable bonds is 4. The third-order valence-corrected chi connectivity index (χ3v) is 5.47. The summed E-state index contributed by atoms with van der Waals surface area (Å²) in [6.07, 6.45) is 6.17. The molecule has 3 aliphatic rings. The molecule has 3 rings (SSSR count). The van der Waals surface area contributed by atoms with Crippen molar-refractivity contribution in [2.45, 2.75) is 49.9 Å². The Morgan fingerprint density at radius 1 is 1.57 bits per heavy atom. The Kier molecular flexibility index (Phi) is 3.53. The SMILES string of the molecule is C[C@]12OC(=O)C1([C@H](O)[C@H]1C=CCCC1)NC(=O)C2CCCl. The van der Waals surface area contributed by atoms with E-state index in [2.05, 4.69) is 5.32 Å². The van der Waals surface area contributed by atoms with Crippen LogP contribution in [0.2, 0.25) is 0 Å². The Bertz CT molecular complexity index is 508. The number of hydrogen-bond donors (Lipinski definition) is 2. The first kappa shape index (κ1) is 14.9. The van der Waals surface area contributed by atoms with Crippen LogP contribution in [0.5, 0.6) is 0 Å². The van der Waals surface area contributed by atoms with Crippen LogP contribution in [0, 0.1) is 11.8 Å². The lowest BCUT2D eigenvalue weighted by atomic mass is 9.64. The molecule has 0 aromatic heterocycles. The molecule has 2 heterocycles. The summed E-state index contributed by atoms with van der Waals surface area (Å²) in [5.74, 6) is -1.14. The van der Waals surface area contributed by atoms with E-state index in [1.165, 1.54) is 0 Å². The normalized spacial score (nSPS) is 42.8. The number of esters is 1. The first-order valence-electron chi connectivity index (χ1n) is 7.43. The lowest BCUT2D eigenvalue weighted by Crippen LogP contribution is -2.80. The van der Waals surface area contributed by atoms with Crippen molar-refractivity contribution in [3.63, 3.8) is 0 Å². The van der Waals surface area contributed by atoms with E-state index < -0.39 is 29.1 Å². The van der Waals surface area contributed by atoms with Crippen molar-refractivity contribution in [1.82, 2.24) is 5.32 Å². The number of amides is 1. The van der Waals surface area contributed by atoms with E-state index in [0.717, 1.165) is 19.3 Å². The van der Waals surface area contributed by atoms with Crippen LogP contribution in [-0.4, -0.2) is 40.1 Å². The largest absolute Gasteiger partial charge is 0.453 e. The second kappa shape index (κ2) is 4.99. The molecule has 2 saturated heterocycles. The number of aliphatic hydroxyl groups excluding tert-OH is 1. The number of allylic oxidation sites excluding steroid dienone is 1. The summed E-state index contributed by atoms with van der Waals surface area (Å²) in [7, 11) is 0. The number of aliphatic hydroxyl groups is 1. The topological polar surface area (TPSA) is 75.6 Å². The maximum Gasteiger partial charge on any atom is 0.339 e. The number of nitrogens with one attached hydrogen (secondary N) is 1. The summed E-state index contributed by atoms with van der Waals surface area (Å²) in [6.45, 7) is 1.72. The van der Waals surface area contributed by atoms with Crippen molar-refractivity contribution in [3.05, 3.63) is 12.2 Å². The molecule has 1 aliphatic carbocycles. The van der Waals surface area contributed by atoms with E-state index in [0.29, 0.717) is 12.3 Å². The third-order valence-electron chi connectivity index (χ3n) is 5.25. The van der Waals surface area contributed by atoms with Crippen LogP contribution in [-0.2, 0) is 14.3 Å². The predicted molar refractivity (Wildman–Crippen MR) is 76.7 cm³/mol. The lowest BCUT2D eigenvalue weighted by molar-refractivity contribution is -0.238. The van der Waals surface area contributed by atoms with Gasteiger partial charge >= 0.3 is 5.97 Å². The molecule has 0 spiro atoms. The first-order valence-corrected chi connectivity index (χ1v) is 7.97. The monoisotopic (exact) mass is 313 g/mol. The molecule has 2 N–H and O–H groups in total. The third kappa shape index (κ3) is 1.80. The van der Waals surface area contributed by atoms with E-state index in [4.69, 9.17) is 16.3 Å². The molecule has 6 heteroatoms. The van der Waals surface area contributed by atoms with Gasteiger partial charge in [-0.1, -0.05) is 12.2 Å². The Morgan fingerprint density at radius 3 is 2.90 bits per heavy atom. The summed E-state index contributed by atoms with van der Waals surface area (Å²) in [4.78, 5) is 24.4. The highest BCUT2D eigenvalue weighted by atomic mass is 35.5. The minimum absolute atomic E-state index is 0.138. The van der Waals surface area contributed by atoms with Crippen molar-refractivity contribution in [3.8, 4) is 0 Å². The molecule has 2 fully saturated rings. The van der Waals surface area contributed by atoms with Gasteiger partial charge in [-0.3, -0.25) is 4.79 Å². The summed E-state index contributed by atoms with van der Waals surface area (Å²) in [5, 5.41) is 13.5. The molecule has 0 aromatic carbocycles. The second-order valence-corrected chi connectivity index (χ2v) is 6.67. The van der Waals surface area contributed by atoms with E-state index in [1.807, 2.05) is 12.2 Å². The van der Waals surface area contributed by atoms with E-state index in [1.54, 1.807) is 6.92 Å². The van der Waals surface area contributed by atoms with Gasteiger partial charge in [0.1, 0.15) is 0 Å². The van der Waals surface area contributed by atoms with Gasteiger partial charge in [-0.2, -0.15) is 0 Å². The standard InChI is InChI=1S/C15H20ClNO4/c1-14-10(7-8-16)12(19)17-15(14,13(20)21-14)11(18)9-5-3-2-4-6-9/h3,5,9-11,18H,2,4,6-8H2,1H3,(H,17,19)/t9-,10?,11+,14+,15?/m0/s1. The average Bonchev–Trinajstić information content (AvgIpc) is 2.65. The molecule has 0 saturated carbocycles. The average molecular weight is 314 g/mol. The van der Waals surface area contributed by atoms with Gasteiger partial charge in [-0.15, -0.1) is 11.6 Å². The molecule has 0 aromatic rings. The Hall–Kier alpha value is -1.07. The van der Waals surface area contributed by atoms with E-state index >= 15 is 0 Å². The van der Waals surface area contributed by atoms with Gasteiger partial charge in [-0.05, 0) is 32.6 Å². The van der Waals surface area contributed by atoms with Crippen LogP contribution in [0.15, 0.2) is 12.2 Å². The zero-order chi connectivity index (χ0) is 15.3. The summed E-state index contributed by atoms with van der Waals surface area (Å²) >= 11 is 5.76. The molecule has 2 aliphatic heterocycles. The molecule has 21 heavy (non-hydrogen) atoms. The van der Waals surface area contributed by atoms with Crippen molar-refractivity contribution in [1.29, 1.82) is 0 Å². The number of carbonyl (C=O) groups is 2. The number of ether oxygens (including phenoxy) is 1. The van der Waals surface area contributed by atoms with E-state index in [-0.39, 0.29) is 11.8 Å². The minimum atomic E-state index is -1.33. The van der Waals surface area contributed by atoms with Crippen LogP contribution < -0.4 is 5.32 Å². The van der Waals surface area contributed by atoms with Gasteiger partial charge in [0.2, 0.25) is 11.4 Å². The van der Waals surface area contributed by atoms with Crippen LogP contribution in [0.1, 0.15) is 32.6 Å². The quantitative estimate of drug-likeness (QED) is 0.463. The second-order valence-electron chi connectivity index (χ2n) is 6.29. The lowest BCUT2D eigenvalue weighted by Gasteiger charge is -2.54.